The van der Waals surface area contributed by atoms with Gasteiger partial charge in [-0.2, -0.15) is 0 Å². The Balaban J connectivity index is 1.88. The number of carbonyl (C=O) groups is 1. The van der Waals surface area contributed by atoms with Gasteiger partial charge < -0.3 is 9.57 Å². The molecule has 130 valence electrons. The lowest BCUT2D eigenvalue weighted by Gasteiger charge is -2.31. The number of aromatic nitrogens is 1. The van der Waals surface area contributed by atoms with Gasteiger partial charge in [0.25, 0.3) is 5.91 Å². The summed E-state index contributed by atoms with van der Waals surface area (Å²) in [5.41, 5.74) is 2.60. The van der Waals surface area contributed by atoms with Crippen molar-refractivity contribution in [2.45, 2.75) is 19.4 Å². The largest absolute Gasteiger partial charge is 0.383 e. The molecule has 1 aromatic carbocycles. The number of carbonyl (C=O) groups excluding carboxylic acids is 1. The van der Waals surface area contributed by atoms with Crippen LogP contribution in [0.4, 0.5) is 0 Å². The summed E-state index contributed by atoms with van der Waals surface area (Å²) >= 11 is 0. The zero-order valence-electron chi connectivity index (χ0n) is 14.4. The van der Waals surface area contributed by atoms with E-state index in [2.05, 4.69) is 10.1 Å². The summed E-state index contributed by atoms with van der Waals surface area (Å²) in [7, 11) is 1.61. The fourth-order valence-corrected chi connectivity index (χ4v) is 2.73. The van der Waals surface area contributed by atoms with E-state index < -0.39 is 6.10 Å². The second kappa shape index (κ2) is 7.90. The first-order valence-electron chi connectivity index (χ1n) is 8.20. The standard InChI is InChI=1S/C19H21N3O3/c1-14-7-6-10-20-17(14)18-21-25-16(13-15-8-4-3-5-9-15)19(23)22(18)11-12-24-2/h3-10,16H,11-13H2,1-2H3. The first-order chi connectivity index (χ1) is 12.2. The van der Waals surface area contributed by atoms with E-state index in [9.17, 15) is 4.79 Å². The van der Waals surface area contributed by atoms with Crippen molar-refractivity contribution in [3.05, 3.63) is 65.5 Å². The lowest BCUT2D eigenvalue weighted by Crippen LogP contribution is -2.50. The van der Waals surface area contributed by atoms with Gasteiger partial charge in [-0.15, -0.1) is 0 Å². The second-order valence-corrected chi connectivity index (χ2v) is 5.85. The maximum atomic E-state index is 13.0. The number of hydrogen-bond acceptors (Lipinski definition) is 5. The second-order valence-electron chi connectivity index (χ2n) is 5.85. The van der Waals surface area contributed by atoms with Gasteiger partial charge in [0.1, 0.15) is 5.69 Å². The molecule has 1 unspecified atom stereocenters. The molecule has 0 fully saturated rings. The molecule has 0 aliphatic carbocycles. The van der Waals surface area contributed by atoms with Crippen molar-refractivity contribution >= 4 is 11.7 Å². The molecule has 1 aromatic heterocycles. The first-order valence-corrected chi connectivity index (χ1v) is 8.20. The van der Waals surface area contributed by atoms with Gasteiger partial charge in [-0.3, -0.25) is 14.7 Å². The number of methoxy groups -OCH3 is 1. The lowest BCUT2D eigenvalue weighted by atomic mass is 10.1. The van der Waals surface area contributed by atoms with Crippen molar-refractivity contribution in [1.29, 1.82) is 0 Å². The molecule has 1 aliphatic heterocycles. The molecule has 0 radical (unpaired) electrons. The number of rotatable bonds is 6. The van der Waals surface area contributed by atoms with Gasteiger partial charge in [0, 0.05) is 19.7 Å². The first kappa shape index (κ1) is 17.1. The molecule has 0 saturated heterocycles. The molecular formula is C19H21N3O3. The number of pyridine rings is 1. The van der Waals surface area contributed by atoms with Crippen LogP contribution in [0.15, 0.2) is 53.8 Å². The van der Waals surface area contributed by atoms with Crippen LogP contribution in [-0.2, 0) is 20.8 Å². The maximum Gasteiger partial charge on any atom is 0.272 e. The molecule has 2 aromatic rings. The minimum Gasteiger partial charge on any atom is -0.383 e. The van der Waals surface area contributed by atoms with E-state index in [4.69, 9.17) is 9.57 Å². The summed E-state index contributed by atoms with van der Waals surface area (Å²) in [5.74, 6) is 0.306. The van der Waals surface area contributed by atoms with Crippen LogP contribution in [0.25, 0.3) is 0 Å². The molecule has 2 heterocycles. The van der Waals surface area contributed by atoms with Gasteiger partial charge in [-0.1, -0.05) is 41.6 Å². The van der Waals surface area contributed by atoms with Gasteiger partial charge in [-0.25, -0.2) is 0 Å². The number of ether oxygens (including phenoxy) is 1. The smallest absolute Gasteiger partial charge is 0.272 e. The highest BCUT2D eigenvalue weighted by Gasteiger charge is 2.35. The van der Waals surface area contributed by atoms with Crippen LogP contribution in [0.3, 0.4) is 0 Å². The zero-order valence-corrected chi connectivity index (χ0v) is 14.4. The molecule has 1 amide bonds. The van der Waals surface area contributed by atoms with E-state index in [-0.39, 0.29) is 5.91 Å². The van der Waals surface area contributed by atoms with Crippen LogP contribution in [0, 0.1) is 6.92 Å². The number of amides is 1. The van der Waals surface area contributed by atoms with E-state index in [0.717, 1.165) is 11.1 Å². The van der Waals surface area contributed by atoms with Gasteiger partial charge in [0.15, 0.2) is 0 Å². The molecule has 25 heavy (non-hydrogen) atoms. The predicted molar refractivity (Wildman–Crippen MR) is 94.1 cm³/mol. The molecule has 1 aliphatic rings. The normalized spacial score (nSPS) is 17.2. The summed E-state index contributed by atoms with van der Waals surface area (Å²) in [4.78, 5) is 24.5. The highest BCUT2D eigenvalue weighted by atomic mass is 16.6. The van der Waals surface area contributed by atoms with E-state index in [1.165, 1.54) is 0 Å². The van der Waals surface area contributed by atoms with Crippen molar-refractivity contribution in [1.82, 2.24) is 9.88 Å². The molecule has 6 nitrogen and oxygen atoms in total. The fraction of sp³-hybridized carbons (Fsp3) is 0.316. The van der Waals surface area contributed by atoms with E-state index in [1.807, 2.05) is 49.4 Å². The number of oxime groups is 1. The van der Waals surface area contributed by atoms with Crippen LogP contribution >= 0.6 is 0 Å². The van der Waals surface area contributed by atoms with Gasteiger partial charge in [-0.05, 0) is 24.1 Å². The lowest BCUT2D eigenvalue weighted by molar-refractivity contribution is -0.143. The number of nitrogens with zero attached hydrogens (tertiary/aromatic N) is 3. The van der Waals surface area contributed by atoms with Crippen LogP contribution in [-0.4, -0.2) is 48.0 Å². The SMILES string of the molecule is COCCN1C(=O)C(Cc2ccccc2)ON=C1c1ncccc1C. The monoisotopic (exact) mass is 339 g/mol. The van der Waals surface area contributed by atoms with E-state index in [0.29, 0.717) is 31.1 Å². The summed E-state index contributed by atoms with van der Waals surface area (Å²) in [5, 5.41) is 4.23. The topological polar surface area (TPSA) is 64.0 Å². The van der Waals surface area contributed by atoms with Crippen LogP contribution < -0.4 is 0 Å². The Morgan fingerprint density at radius 1 is 1.20 bits per heavy atom. The summed E-state index contributed by atoms with van der Waals surface area (Å²) in [6.07, 6.45) is 1.51. The fourth-order valence-electron chi connectivity index (χ4n) is 2.73. The van der Waals surface area contributed by atoms with Crippen molar-refractivity contribution in [2.75, 3.05) is 20.3 Å². The number of hydrogen-bond donors (Lipinski definition) is 0. The summed E-state index contributed by atoms with van der Waals surface area (Å²) in [6, 6.07) is 13.5. The molecule has 0 N–H and O–H groups in total. The van der Waals surface area contributed by atoms with Crippen molar-refractivity contribution < 1.29 is 14.4 Å². The van der Waals surface area contributed by atoms with Crippen molar-refractivity contribution in [3.8, 4) is 0 Å². The molecule has 0 saturated carbocycles. The minimum absolute atomic E-state index is 0.129. The zero-order chi connectivity index (χ0) is 17.6. The Labute approximate surface area is 147 Å². The Morgan fingerprint density at radius 3 is 2.72 bits per heavy atom. The molecule has 6 heteroatoms. The average Bonchev–Trinajstić information content (AvgIpc) is 2.64. The van der Waals surface area contributed by atoms with E-state index >= 15 is 0 Å². The van der Waals surface area contributed by atoms with Crippen molar-refractivity contribution in [3.63, 3.8) is 0 Å². The molecular weight excluding hydrogens is 318 g/mol. The third-order valence-electron chi connectivity index (χ3n) is 4.07. The minimum atomic E-state index is -0.646. The van der Waals surface area contributed by atoms with Crippen LogP contribution in [0.2, 0.25) is 0 Å². The van der Waals surface area contributed by atoms with Gasteiger partial charge in [0.05, 0.1) is 13.2 Å². The third kappa shape index (κ3) is 3.85. The van der Waals surface area contributed by atoms with Crippen molar-refractivity contribution in [2.24, 2.45) is 5.16 Å². The third-order valence-corrected chi connectivity index (χ3v) is 4.07. The molecule has 1 atom stereocenters. The number of amidine groups is 1. The Morgan fingerprint density at radius 2 is 2.00 bits per heavy atom. The van der Waals surface area contributed by atoms with Crippen LogP contribution in [0.5, 0.6) is 0 Å². The summed E-state index contributed by atoms with van der Waals surface area (Å²) < 4.78 is 5.15. The number of benzene rings is 1. The molecule has 0 spiro atoms. The Hall–Kier alpha value is -2.73. The van der Waals surface area contributed by atoms with Crippen LogP contribution in [0.1, 0.15) is 16.8 Å². The average molecular weight is 339 g/mol. The van der Waals surface area contributed by atoms with Gasteiger partial charge >= 0.3 is 0 Å². The Bertz CT molecular complexity index is 762. The maximum absolute atomic E-state index is 13.0. The van der Waals surface area contributed by atoms with E-state index in [1.54, 1.807) is 18.2 Å². The number of aryl methyl sites for hydroxylation is 1. The summed E-state index contributed by atoms with van der Waals surface area (Å²) in [6.45, 7) is 2.74. The van der Waals surface area contributed by atoms with Gasteiger partial charge in [0.2, 0.25) is 11.9 Å². The highest BCUT2D eigenvalue weighted by Crippen LogP contribution is 2.19. The Kier molecular flexibility index (Phi) is 5.40. The predicted octanol–water partition coefficient (Wildman–Crippen LogP) is 2.17. The quantitative estimate of drug-likeness (QED) is 0.809. The molecule has 0 bridgehead atoms. The molecule has 3 rings (SSSR count). The highest BCUT2D eigenvalue weighted by molar-refractivity contribution is 6.09.